The summed E-state index contributed by atoms with van der Waals surface area (Å²) in [6.07, 6.45) is 2.30. The molecule has 5 heteroatoms. The fourth-order valence-electron chi connectivity index (χ4n) is 1.77. The summed E-state index contributed by atoms with van der Waals surface area (Å²) in [5, 5.41) is 4.22. The van der Waals surface area contributed by atoms with E-state index in [0.29, 0.717) is 11.3 Å². The molecule has 0 saturated carbocycles. The molecular weight excluding hydrogens is 254 g/mol. The Balaban J connectivity index is 1.86. The lowest BCUT2D eigenvalue weighted by atomic mass is 10.2. The lowest BCUT2D eigenvalue weighted by Gasteiger charge is -2.03. The van der Waals surface area contributed by atoms with Crippen LogP contribution in [0.2, 0.25) is 0 Å². The first kappa shape index (κ1) is 12.1. The maximum absolute atomic E-state index is 10.9. The van der Waals surface area contributed by atoms with Crippen molar-refractivity contribution in [2.75, 3.05) is 0 Å². The summed E-state index contributed by atoms with van der Waals surface area (Å²) >= 11 is 0. The van der Waals surface area contributed by atoms with Gasteiger partial charge in [0.1, 0.15) is 12.1 Å². The van der Waals surface area contributed by atoms with Gasteiger partial charge in [0.05, 0.1) is 11.3 Å². The third-order valence-electron chi connectivity index (χ3n) is 2.74. The van der Waals surface area contributed by atoms with Crippen molar-refractivity contribution in [3.8, 4) is 17.4 Å². The number of benzene rings is 2. The van der Waals surface area contributed by atoms with Crippen LogP contribution in [-0.4, -0.2) is 21.1 Å². The van der Waals surface area contributed by atoms with Crippen LogP contribution in [0.3, 0.4) is 0 Å². The van der Waals surface area contributed by atoms with E-state index in [1.165, 1.54) is 0 Å². The number of hydrogen-bond donors (Lipinski definition) is 0. The maximum Gasteiger partial charge on any atom is 0.341 e. The van der Waals surface area contributed by atoms with Gasteiger partial charge in [-0.05, 0) is 24.3 Å². The summed E-state index contributed by atoms with van der Waals surface area (Å²) in [4.78, 5) is 15.0. The van der Waals surface area contributed by atoms with E-state index >= 15 is 0 Å². The second-order valence-corrected chi connectivity index (χ2v) is 4.07. The van der Waals surface area contributed by atoms with Gasteiger partial charge >= 0.3 is 6.01 Å². The topological polar surface area (TPSA) is 57.0 Å². The molecule has 0 unspecified atom stereocenters. The average Bonchev–Trinajstić information content (AvgIpc) is 2.97. The third kappa shape index (κ3) is 2.42. The molecule has 0 amide bonds. The number of carbonyl (C=O) groups excluding carboxylic acids is 1. The Morgan fingerprint density at radius 3 is 2.55 bits per heavy atom. The summed E-state index contributed by atoms with van der Waals surface area (Å²) in [7, 11) is 0. The van der Waals surface area contributed by atoms with Crippen LogP contribution in [0, 0.1) is 0 Å². The van der Waals surface area contributed by atoms with Crippen molar-refractivity contribution >= 4 is 6.29 Å². The molecule has 3 rings (SSSR count). The lowest BCUT2D eigenvalue weighted by molar-refractivity contribution is 0.112. The van der Waals surface area contributed by atoms with Gasteiger partial charge in [-0.1, -0.05) is 30.3 Å². The van der Waals surface area contributed by atoms with E-state index in [-0.39, 0.29) is 6.01 Å². The number of para-hydroxylation sites is 2. The van der Waals surface area contributed by atoms with Crippen LogP contribution in [0.5, 0.6) is 11.8 Å². The largest absolute Gasteiger partial charge is 0.422 e. The summed E-state index contributed by atoms with van der Waals surface area (Å²) in [6, 6.07) is 16.7. The quantitative estimate of drug-likeness (QED) is 0.681. The number of aldehydes is 1. The number of hydrogen-bond acceptors (Lipinski definition) is 4. The van der Waals surface area contributed by atoms with Crippen LogP contribution in [0.25, 0.3) is 5.69 Å². The van der Waals surface area contributed by atoms with Gasteiger partial charge in [-0.25, -0.2) is 4.68 Å². The highest BCUT2D eigenvalue weighted by Crippen LogP contribution is 2.21. The Morgan fingerprint density at radius 1 is 1.00 bits per heavy atom. The molecule has 1 heterocycles. The number of aromatic nitrogens is 3. The summed E-state index contributed by atoms with van der Waals surface area (Å²) < 4.78 is 7.14. The van der Waals surface area contributed by atoms with E-state index in [0.717, 1.165) is 12.0 Å². The van der Waals surface area contributed by atoms with Crippen molar-refractivity contribution in [1.82, 2.24) is 14.8 Å². The zero-order valence-corrected chi connectivity index (χ0v) is 10.5. The molecule has 20 heavy (non-hydrogen) atoms. The molecule has 0 spiro atoms. The average molecular weight is 265 g/mol. The molecule has 2 aromatic carbocycles. The monoisotopic (exact) mass is 265 g/mol. The van der Waals surface area contributed by atoms with Gasteiger partial charge in [-0.15, -0.1) is 5.10 Å². The van der Waals surface area contributed by atoms with Gasteiger partial charge in [-0.2, -0.15) is 4.98 Å². The molecule has 5 nitrogen and oxygen atoms in total. The number of rotatable bonds is 4. The van der Waals surface area contributed by atoms with E-state index in [9.17, 15) is 4.79 Å². The van der Waals surface area contributed by atoms with Gasteiger partial charge in [0.2, 0.25) is 0 Å². The molecule has 0 radical (unpaired) electrons. The molecule has 0 saturated heterocycles. The van der Waals surface area contributed by atoms with Crippen molar-refractivity contribution in [2.24, 2.45) is 0 Å². The summed E-state index contributed by atoms with van der Waals surface area (Å²) in [5.41, 5.74) is 1.35. The minimum atomic E-state index is 0.197. The van der Waals surface area contributed by atoms with E-state index in [4.69, 9.17) is 4.74 Å². The van der Waals surface area contributed by atoms with Crippen molar-refractivity contribution in [1.29, 1.82) is 0 Å². The van der Waals surface area contributed by atoms with Crippen LogP contribution in [0.15, 0.2) is 60.9 Å². The molecular formula is C15H11N3O2. The van der Waals surface area contributed by atoms with Gasteiger partial charge in [0.25, 0.3) is 0 Å². The Labute approximate surface area is 115 Å². The van der Waals surface area contributed by atoms with E-state index in [1.54, 1.807) is 35.3 Å². The molecule has 1 aromatic heterocycles. The summed E-state index contributed by atoms with van der Waals surface area (Å²) in [6.45, 7) is 0. The Morgan fingerprint density at radius 2 is 1.75 bits per heavy atom. The molecule has 98 valence electrons. The molecule has 0 fully saturated rings. The second-order valence-electron chi connectivity index (χ2n) is 4.07. The predicted octanol–water partition coefficient (Wildman–Crippen LogP) is 2.87. The van der Waals surface area contributed by atoms with Crippen molar-refractivity contribution in [3.05, 3.63) is 66.5 Å². The Bertz CT molecular complexity index is 723. The summed E-state index contributed by atoms with van der Waals surface area (Å²) in [5.74, 6) is 0.438. The molecule has 0 bridgehead atoms. The molecule has 0 atom stereocenters. The van der Waals surface area contributed by atoms with Crippen LogP contribution in [0.1, 0.15) is 10.4 Å². The minimum Gasteiger partial charge on any atom is -0.422 e. The van der Waals surface area contributed by atoms with Gasteiger partial charge in [0.15, 0.2) is 6.29 Å². The van der Waals surface area contributed by atoms with Crippen LogP contribution < -0.4 is 4.74 Å². The van der Waals surface area contributed by atoms with Gasteiger partial charge in [-0.3, -0.25) is 4.79 Å². The molecule has 3 aromatic rings. The number of carbonyl (C=O) groups is 1. The maximum atomic E-state index is 10.9. The minimum absolute atomic E-state index is 0.197. The number of nitrogens with zero attached hydrogens (tertiary/aromatic N) is 3. The Hall–Kier alpha value is -2.95. The highest BCUT2D eigenvalue weighted by atomic mass is 16.5. The molecule has 0 aliphatic heterocycles. The fraction of sp³-hybridized carbons (Fsp3) is 0. The first-order valence-corrected chi connectivity index (χ1v) is 6.06. The van der Waals surface area contributed by atoms with Gasteiger partial charge in [0, 0.05) is 0 Å². The van der Waals surface area contributed by atoms with Crippen molar-refractivity contribution < 1.29 is 9.53 Å². The first-order valence-electron chi connectivity index (χ1n) is 6.06. The van der Waals surface area contributed by atoms with Crippen LogP contribution in [-0.2, 0) is 0 Å². The third-order valence-corrected chi connectivity index (χ3v) is 2.74. The van der Waals surface area contributed by atoms with Crippen molar-refractivity contribution in [3.63, 3.8) is 0 Å². The van der Waals surface area contributed by atoms with Gasteiger partial charge < -0.3 is 4.74 Å². The normalized spacial score (nSPS) is 10.2. The highest BCUT2D eigenvalue weighted by molar-refractivity contribution is 5.79. The lowest BCUT2D eigenvalue weighted by Crippen LogP contribution is -1.95. The highest BCUT2D eigenvalue weighted by Gasteiger charge is 2.07. The molecule has 0 N–H and O–H groups in total. The van der Waals surface area contributed by atoms with Crippen LogP contribution in [0.4, 0.5) is 0 Å². The van der Waals surface area contributed by atoms with E-state index < -0.39 is 0 Å². The van der Waals surface area contributed by atoms with E-state index in [1.807, 2.05) is 30.3 Å². The second kappa shape index (κ2) is 5.36. The first-order chi connectivity index (χ1) is 9.86. The fourth-order valence-corrected chi connectivity index (χ4v) is 1.77. The smallest absolute Gasteiger partial charge is 0.341 e. The van der Waals surface area contributed by atoms with E-state index in [2.05, 4.69) is 10.1 Å². The predicted molar refractivity (Wildman–Crippen MR) is 73.3 cm³/mol. The van der Waals surface area contributed by atoms with Crippen molar-refractivity contribution in [2.45, 2.75) is 0 Å². The Kier molecular flexibility index (Phi) is 3.24. The zero-order valence-electron chi connectivity index (χ0n) is 10.5. The zero-order chi connectivity index (χ0) is 13.8. The standard InChI is InChI=1S/C15H11N3O2/c19-10-12-6-4-5-9-14(12)20-15-16-11-18(17-15)13-7-2-1-3-8-13/h1-11H. The molecule has 0 aliphatic carbocycles. The SMILES string of the molecule is O=Cc1ccccc1Oc1ncn(-c2ccccc2)n1. The number of ether oxygens (including phenoxy) is 1. The molecule has 0 aliphatic rings. The van der Waals surface area contributed by atoms with Crippen LogP contribution >= 0.6 is 0 Å².